The Morgan fingerprint density at radius 3 is 2.80 bits per heavy atom. The van der Waals surface area contributed by atoms with Gasteiger partial charge in [0.2, 0.25) is 11.8 Å². The predicted molar refractivity (Wildman–Crippen MR) is 89.0 cm³/mol. The molecule has 25 heavy (non-hydrogen) atoms. The third-order valence-electron chi connectivity index (χ3n) is 4.73. The first-order valence-electron chi connectivity index (χ1n) is 8.12. The SMILES string of the molecule is CCN1C(=O)C[C@H](C(=O)Nc2ccncc2F)[C@H]1c1cnn(C)c1C. The minimum absolute atomic E-state index is 0.0593. The number of anilines is 1. The molecule has 2 atom stereocenters. The van der Waals surface area contributed by atoms with E-state index >= 15 is 0 Å². The highest BCUT2D eigenvalue weighted by atomic mass is 19.1. The van der Waals surface area contributed by atoms with E-state index in [1.54, 1.807) is 15.8 Å². The number of carbonyl (C=O) groups excluding carboxylic acids is 2. The van der Waals surface area contributed by atoms with Gasteiger partial charge in [-0.3, -0.25) is 19.3 Å². The predicted octanol–water partition coefficient (Wildman–Crippen LogP) is 1.81. The van der Waals surface area contributed by atoms with E-state index in [9.17, 15) is 14.0 Å². The van der Waals surface area contributed by atoms with Crippen molar-refractivity contribution in [1.29, 1.82) is 0 Å². The summed E-state index contributed by atoms with van der Waals surface area (Å²) < 4.78 is 15.5. The van der Waals surface area contributed by atoms with Gasteiger partial charge in [-0.2, -0.15) is 5.10 Å². The van der Waals surface area contributed by atoms with Crippen LogP contribution >= 0.6 is 0 Å². The Labute approximate surface area is 144 Å². The molecule has 0 saturated carbocycles. The molecular weight excluding hydrogens is 325 g/mol. The number of nitrogens with one attached hydrogen (secondary N) is 1. The van der Waals surface area contributed by atoms with E-state index in [1.165, 1.54) is 12.3 Å². The van der Waals surface area contributed by atoms with Gasteiger partial charge in [-0.25, -0.2) is 4.39 Å². The molecule has 0 aromatic carbocycles. The van der Waals surface area contributed by atoms with Crippen molar-refractivity contribution in [1.82, 2.24) is 19.7 Å². The van der Waals surface area contributed by atoms with Crippen molar-refractivity contribution in [2.45, 2.75) is 26.3 Å². The van der Waals surface area contributed by atoms with Gasteiger partial charge in [0.15, 0.2) is 5.82 Å². The highest BCUT2D eigenvalue weighted by Gasteiger charge is 2.45. The van der Waals surface area contributed by atoms with Crippen LogP contribution in [-0.2, 0) is 16.6 Å². The van der Waals surface area contributed by atoms with Gasteiger partial charge in [0.1, 0.15) is 0 Å². The summed E-state index contributed by atoms with van der Waals surface area (Å²) in [5, 5.41) is 6.81. The second-order valence-corrected chi connectivity index (χ2v) is 6.09. The van der Waals surface area contributed by atoms with Gasteiger partial charge in [0, 0.05) is 37.5 Å². The number of rotatable bonds is 4. The summed E-state index contributed by atoms with van der Waals surface area (Å²) in [6, 6.07) is 0.988. The fraction of sp³-hybridized carbons (Fsp3) is 0.412. The van der Waals surface area contributed by atoms with Crippen molar-refractivity contribution < 1.29 is 14.0 Å². The fourth-order valence-corrected chi connectivity index (χ4v) is 3.29. The first kappa shape index (κ1) is 17.1. The molecule has 3 rings (SSSR count). The molecule has 2 aromatic heterocycles. The molecule has 0 aliphatic carbocycles. The lowest BCUT2D eigenvalue weighted by molar-refractivity contribution is -0.129. The largest absolute Gasteiger partial charge is 0.335 e. The molecule has 0 spiro atoms. The number of hydrogen-bond donors (Lipinski definition) is 1. The van der Waals surface area contributed by atoms with E-state index in [0.717, 1.165) is 17.5 Å². The van der Waals surface area contributed by atoms with Crippen molar-refractivity contribution >= 4 is 17.5 Å². The van der Waals surface area contributed by atoms with E-state index < -0.39 is 17.8 Å². The number of pyridine rings is 1. The van der Waals surface area contributed by atoms with Crippen LogP contribution in [0.2, 0.25) is 0 Å². The topological polar surface area (TPSA) is 80.1 Å². The summed E-state index contributed by atoms with van der Waals surface area (Å²) in [5.41, 5.74) is 1.79. The molecule has 2 aromatic rings. The molecule has 132 valence electrons. The Balaban J connectivity index is 1.93. The zero-order valence-electron chi connectivity index (χ0n) is 14.4. The van der Waals surface area contributed by atoms with Crippen LogP contribution in [-0.4, -0.2) is 38.0 Å². The average Bonchev–Trinajstić information content (AvgIpc) is 3.09. The first-order valence-corrected chi connectivity index (χ1v) is 8.12. The van der Waals surface area contributed by atoms with Crippen LogP contribution in [0.4, 0.5) is 10.1 Å². The van der Waals surface area contributed by atoms with Gasteiger partial charge in [-0.05, 0) is 19.9 Å². The molecule has 1 N–H and O–H groups in total. The van der Waals surface area contributed by atoms with E-state index in [1.807, 2.05) is 20.9 Å². The normalized spacial score (nSPS) is 20.2. The summed E-state index contributed by atoms with van der Waals surface area (Å²) in [4.78, 5) is 30.5. The lowest BCUT2D eigenvalue weighted by Gasteiger charge is -2.26. The molecule has 1 fully saturated rings. The van der Waals surface area contributed by atoms with Crippen molar-refractivity contribution in [3.8, 4) is 0 Å². The number of nitrogens with zero attached hydrogens (tertiary/aromatic N) is 4. The van der Waals surface area contributed by atoms with Crippen molar-refractivity contribution in [3.63, 3.8) is 0 Å². The molecule has 0 bridgehead atoms. The third kappa shape index (κ3) is 2.99. The molecule has 0 radical (unpaired) electrons. The van der Waals surface area contributed by atoms with Gasteiger partial charge >= 0.3 is 0 Å². The van der Waals surface area contributed by atoms with Crippen LogP contribution in [0.25, 0.3) is 0 Å². The highest BCUT2D eigenvalue weighted by Crippen LogP contribution is 2.39. The number of hydrogen-bond acceptors (Lipinski definition) is 4. The maximum absolute atomic E-state index is 13.8. The molecule has 8 heteroatoms. The fourth-order valence-electron chi connectivity index (χ4n) is 3.29. The zero-order chi connectivity index (χ0) is 18.1. The van der Waals surface area contributed by atoms with Gasteiger partial charge < -0.3 is 10.2 Å². The van der Waals surface area contributed by atoms with Crippen LogP contribution in [0.5, 0.6) is 0 Å². The first-order chi connectivity index (χ1) is 11.9. The monoisotopic (exact) mass is 345 g/mol. The highest BCUT2D eigenvalue weighted by molar-refractivity contribution is 5.98. The number of likely N-dealkylation sites (tertiary alicyclic amines) is 1. The summed E-state index contributed by atoms with van der Waals surface area (Å²) in [6.07, 6.45) is 4.22. The third-order valence-corrected chi connectivity index (χ3v) is 4.73. The Morgan fingerprint density at radius 1 is 1.44 bits per heavy atom. The van der Waals surface area contributed by atoms with Gasteiger partial charge in [0.25, 0.3) is 0 Å². The van der Waals surface area contributed by atoms with E-state index in [2.05, 4.69) is 15.4 Å². The second-order valence-electron chi connectivity index (χ2n) is 6.09. The van der Waals surface area contributed by atoms with Crippen molar-refractivity contribution in [2.24, 2.45) is 13.0 Å². The maximum Gasteiger partial charge on any atom is 0.230 e. The Hall–Kier alpha value is -2.77. The summed E-state index contributed by atoms with van der Waals surface area (Å²) >= 11 is 0. The van der Waals surface area contributed by atoms with E-state index in [0.29, 0.717) is 6.54 Å². The van der Waals surface area contributed by atoms with Crippen molar-refractivity contribution in [2.75, 3.05) is 11.9 Å². The number of aromatic nitrogens is 3. The van der Waals surface area contributed by atoms with Gasteiger partial charge in [0.05, 0.1) is 30.0 Å². The molecule has 1 aliphatic heterocycles. The number of aryl methyl sites for hydroxylation is 1. The standard InChI is InChI=1S/C17H20FN5O2/c1-4-23-15(24)7-11(16(23)12-8-20-22(3)10(12)2)17(25)21-14-5-6-19-9-13(14)18/h5-6,8-9,11,16H,4,7H2,1-3H3,(H,19,21,25)/t11-,16-/m0/s1. The zero-order valence-corrected chi connectivity index (χ0v) is 14.4. The Bertz CT molecular complexity index is 819. The van der Waals surface area contributed by atoms with Crippen molar-refractivity contribution in [3.05, 3.63) is 41.7 Å². The quantitative estimate of drug-likeness (QED) is 0.916. The number of halogens is 1. The summed E-state index contributed by atoms with van der Waals surface area (Å²) in [5.74, 6) is -1.70. The summed E-state index contributed by atoms with van der Waals surface area (Å²) in [6.45, 7) is 4.26. The van der Waals surface area contributed by atoms with Crippen LogP contribution in [0.15, 0.2) is 24.7 Å². The average molecular weight is 345 g/mol. The van der Waals surface area contributed by atoms with Crippen LogP contribution in [0.1, 0.15) is 30.6 Å². The van der Waals surface area contributed by atoms with Gasteiger partial charge in [-0.15, -0.1) is 0 Å². The molecule has 7 nitrogen and oxygen atoms in total. The number of amides is 2. The second kappa shape index (κ2) is 6.62. The molecular formula is C17H20FN5O2. The molecule has 1 aliphatic rings. The van der Waals surface area contributed by atoms with Gasteiger partial charge in [-0.1, -0.05) is 0 Å². The maximum atomic E-state index is 13.8. The smallest absolute Gasteiger partial charge is 0.230 e. The lowest BCUT2D eigenvalue weighted by atomic mass is 9.93. The minimum atomic E-state index is -0.610. The Kier molecular flexibility index (Phi) is 4.52. The minimum Gasteiger partial charge on any atom is -0.335 e. The molecule has 0 unspecified atom stereocenters. The van der Waals surface area contributed by atoms with Crippen LogP contribution in [0, 0.1) is 18.7 Å². The summed E-state index contributed by atoms with van der Waals surface area (Å²) in [7, 11) is 1.81. The lowest BCUT2D eigenvalue weighted by Crippen LogP contribution is -2.32. The molecule has 1 saturated heterocycles. The van der Waals surface area contributed by atoms with Crippen LogP contribution in [0.3, 0.4) is 0 Å². The number of carbonyl (C=O) groups is 2. The molecule has 2 amide bonds. The van der Waals surface area contributed by atoms with Crippen LogP contribution < -0.4 is 5.32 Å². The van der Waals surface area contributed by atoms with E-state index in [4.69, 9.17) is 0 Å². The molecule has 3 heterocycles. The Morgan fingerprint density at radius 2 is 2.20 bits per heavy atom. The van der Waals surface area contributed by atoms with E-state index in [-0.39, 0.29) is 23.9 Å².